The first-order chi connectivity index (χ1) is 8.71. The van der Waals surface area contributed by atoms with Crippen LogP contribution in [0.25, 0.3) is 0 Å². The van der Waals surface area contributed by atoms with Crippen LogP contribution >= 0.6 is 12.4 Å². The van der Waals surface area contributed by atoms with E-state index in [-0.39, 0.29) is 18.4 Å². The third-order valence-electron chi connectivity index (χ3n) is 2.85. The number of hydrogen-bond donors (Lipinski definition) is 2. The fourth-order valence-electron chi connectivity index (χ4n) is 1.89. The summed E-state index contributed by atoms with van der Waals surface area (Å²) in [6.07, 6.45) is 0. The third kappa shape index (κ3) is 4.16. The van der Waals surface area contributed by atoms with Gasteiger partial charge in [0.2, 0.25) is 5.75 Å². The summed E-state index contributed by atoms with van der Waals surface area (Å²) in [6.45, 7) is 0.815. The van der Waals surface area contributed by atoms with Gasteiger partial charge in [-0.15, -0.1) is 12.4 Å². The fourth-order valence-corrected chi connectivity index (χ4v) is 1.89. The minimum absolute atomic E-state index is 0. The van der Waals surface area contributed by atoms with E-state index in [4.69, 9.17) is 14.2 Å². The Hall–Kier alpha value is -1.17. The number of halogens is 1. The van der Waals surface area contributed by atoms with Crippen molar-refractivity contribution in [1.82, 2.24) is 10.6 Å². The predicted molar refractivity (Wildman–Crippen MR) is 79.1 cm³/mol. The molecule has 5 nitrogen and oxygen atoms in total. The molecule has 110 valence electrons. The van der Waals surface area contributed by atoms with Crippen molar-refractivity contribution in [2.24, 2.45) is 0 Å². The molecule has 1 atom stereocenters. The molecule has 0 aliphatic carbocycles. The molecule has 0 fully saturated rings. The summed E-state index contributed by atoms with van der Waals surface area (Å²) in [4.78, 5) is 0. The minimum atomic E-state index is 0. The molecule has 6 heteroatoms. The zero-order chi connectivity index (χ0) is 13.5. The van der Waals surface area contributed by atoms with Gasteiger partial charge in [-0.25, -0.2) is 0 Å². The van der Waals surface area contributed by atoms with E-state index in [2.05, 4.69) is 10.6 Å². The van der Waals surface area contributed by atoms with Gasteiger partial charge in [-0.3, -0.25) is 0 Å². The van der Waals surface area contributed by atoms with Crippen molar-refractivity contribution in [3.05, 3.63) is 17.7 Å². The van der Waals surface area contributed by atoms with Gasteiger partial charge < -0.3 is 24.8 Å². The van der Waals surface area contributed by atoms with E-state index in [0.29, 0.717) is 17.2 Å². The van der Waals surface area contributed by atoms with E-state index in [1.807, 2.05) is 26.2 Å². The molecule has 1 aromatic rings. The highest BCUT2D eigenvalue weighted by Crippen LogP contribution is 2.39. The molecular formula is C13H23ClN2O3. The van der Waals surface area contributed by atoms with E-state index in [0.717, 1.165) is 12.1 Å². The van der Waals surface area contributed by atoms with Gasteiger partial charge >= 0.3 is 0 Å². The van der Waals surface area contributed by atoms with Crippen LogP contribution in [-0.4, -0.2) is 42.0 Å². The monoisotopic (exact) mass is 290 g/mol. The standard InChI is InChI=1S/C13H22N2O3.ClH/c1-14-8-10(15-2)9-6-11(16-3)13(18-5)12(7-9)17-4;/h6-7,10,14-15H,8H2,1-5H3;1H. The minimum Gasteiger partial charge on any atom is -0.493 e. The van der Waals surface area contributed by atoms with Crippen molar-refractivity contribution in [3.63, 3.8) is 0 Å². The zero-order valence-corrected chi connectivity index (χ0v) is 12.9. The van der Waals surface area contributed by atoms with Gasteiger partial charge in [-0.1, -0.05) is 0 Å². The maximum atomic E-state index is 5.34. The second-order valence-electron chi connectivity index (χ2n) is 3.86. The largest absolute Gasteiger partial charge is 0.493 e. The molecule has 0 bridgehead atoms. The smallest absolute Gasteiger partial charge is 0.203 e. The Morgan fingerprint density at radius 1 is 1.00 bits per heavy atom. The Morgan fingerprint density at radius 3 is 1.84 bits per heavy atom. The van der Waals surface area contributed by atoms with Crippen LogP contribution in [0.15, 0.2) is 12.1 Å². The number of methoxy groups -OCH3 is 3. The molecule has 0 saturated carbocycles. The van der Waals surface area contributed by atoms with Gasteiger partial charge in [0.15, 0.2) is 11.5 Å². The summed E-state index contributed by atoms with van der Waals surface area (Å²) >= 11 is 0. The van der Waals surface area contributed by atoms with Crippen molar-refractivity contribution < 1.29 is 14.2 Å². The molecule has 1 unspecified atom stereocenters. The van der Waals surface area contributed by atoms with Crippen LogP contribution in [0.1, 0.15) is 11.6 Å². The first-order valence-corrected chi connectivity index (χ1v) is 5.83. The average molecular weight is 291 g/mol. The summed E-state index contributed by atoms with van der Waals surface area (Å²) in [5.41, 5.74) is 1.08. The van der Waals surface area contributed by atoms with Gasteiger partial charge in [-0.05, 0) is 31.8 Å². The first-order valence-electron chi connectivity index (χ1n) is 5.83. The number of rotatable bonds is 7. The number of hydrogen-bond acceptors (Lipinski definition) is 5. The van der Waals surface area contributed by atoms with Crippen molar-refractivity contribution in [2.45, 2.75) is 6.04 Å². The predicted octanol–water partition coefficient (Wildman–Crippen LogP) is 1.61. The lowest BCUT2D eigenvalue weighted by Gasteiger charge is -2.20. The average Bonchev–Trinajstić information content (AvgIpc) is 2.42. The third-order valence-corrected chi connectivity index (χ3v) is 2.85. The zero-order valence-electron chi connectivity index (χ0n) is 12.1. The normalized spacial score (nSPS) is 11.4. The maximum Gasteiger partial charge on any atom is 0.203 e. The molecule has 19 heavy (non-hydrogen) atoms. The molecule has 0 aliphatic heterocycles. The molecule has 2 N–H and O–H groups in total. The Kier molecular flexibility index (Phi) is 8.30. The number of ether oxygens (including phenoxy) is 3. The van der Waals surface area contributed by atoms with Crippen LogP contribution in [0.2, 0.25) is 0 Å². The van der Waals surface area contributed by atoms with Crippen LogP contribution in [-0.2, 0) is 0 Å². The molecular weight excluding hydrogens is 268 g/mol. The van der Waals surface area contributed by atoms with E-state index in [1.54, 1.807) is 21.3 Å². The molecule has 0 aliphatic rings. The van der Waals surface area contributed by atoms with Crippen LogP contribution < -0.4 is 24.8 Å². The Bertz CT molecular complexity index is 363. The SMILES string of the molecule is CNCC(NC)c1cc(OC)c(OC)c(OC)c1.Cl. The van der Waals surface area contributed by atoms with Crippen LogP contribution in [0.5, 0.6) is 17.2 Å². The van der Waals surface area contributed by atoms with Gasteiger partial charge in [-0.2, -0.15) is 0 Å². The van der Waals surface area contributed by atoms with Gasteiger partial charge in [0.05, 0.1) is 21.3 Å². The van der Waals surface area contributed by atoms with Crippen molar-refractivity contribution in [1.29, 1.82) is 0 Å². The molecule has 0 saturated heterocycles. The summed E-state index contributed by atoms with van der Waals surface area (Å²) in [5, 5.41) is 6.39. The van der Waals surface area contributed by atoms with E-state index in [9.17, 15) is 0 Å². The molecule has 0 spiro atoms. The molecule has 0 aromatic heterocycles. The number of nitrogens with one attached hydrogen (secondary N) is 2. The van der Waals surface area contributed by atoms with Crippen molar-refractivity contribution in [3.8, 4) is 17.2 Å². The second-order valence-corrected chi connectivity index (χ2v) is 3.86. The second kappa shape index (κ2) is 8.85. The molecule has 1 aromatic carbocycles. The summed E-state index contributed by atoms with van der Waals surface area (Å²) in [7, 11) is 8.68. The van der Waals surface area contributed by atoms with E-state index in [1.165, 1.54) is 0 Å². The lowest BCUT2D eigenvalue weighted by atomic mass is 10.1. The molecule has 0 heterocycles. The van der Waals surface area contributed by atoms with Crippen LogP contribution in [0.3, 0.4) is 0 Å². The summed E-state index contributed by atoms with van der Waals surface area (Å²) < 4.78 is 16.0. The Balaban J connectivity index is 0.00000324. The quantitative estimate of drug-likeness (QED) is 0.799. The Morgan fingerprint density at radius 2 is 1.53 bits per heavy atom. The fraction of sp³-hybridized carbons (Fsp3) is 0.538. The molecule has 1 rings (SSSR count). The molecule has 0 radical (unpaired) electrons. The highest BCUT2D eigenvalue weighted by Gasteiger charge is 2.17. The summed E-state index contributed by atoms with van der Waals surface area (Å²) in [6, 6.07) is 4.10. The topological polar surface area (TPSA) is 51.8 Å². The number of likely N-dealkylation sites (N-methyl/N-ethyl adjacent to an activating group) is 2. The Labute approximate surface area is 121 Å². The molecule has 0 amide bonds. The van der Waals surface area contributed by atoms with Gasteiger partial charge in [0.1, 0.15) is 0 Å². The first kappa shape index (κ1) is 17.8. The maximum absolute atomic E-state index is 5.34. The lowest BCUT2D eigenvalue weighted by Crippen LogP contribution is -2.27. The van der Waals surface area contributed by atoms with Gasteiger partial charge in [0.25, 0.3) is 0 Å². The highest BCUT2D eigenvalue weighted by atomic mass is 35.5. The summed E-state index contributed by atoms with van der Waals surface area (Å²) in [5.74, 6) is 1.95. The van der Waals surface area contributed by atoms with Crippen LogP contribution in [0.4, 0.5) is 0 Å². The highest BCUT2D eigenvalue weighted by molar-refractivity contribution is 5.85. The van der Waals surface area contributed by atoms with Crippen LogP contribution in [0, 0.1) is 0 Å². The lowest BCUT2D eigenvalue weighted by molar-refractivity contribution is 0.323. The van der Waals surface area contributed by atoms with Crippen molar-refractivity contribution in [2.75, 3.05) is 42.0 Å². The van der Waals surface area contributed by atoms with Gasteiger partial charge in [0, 0.05) is 12.6 Å². The van der Waals surface area contributed by atoms with E-state index < -0.39 is 0 Å². The van der Waals surface area contributed by atoms with Crippen molar-refractivity contribution >= 4 is 12.4 Å². The number of benzene rings is 1. The van der Waals surface area contributed by atoms with E-state index >= 15 is 0 Å².